The SMILES string of the molecule is CN(CC(N)=O)c1ccc(C(=O)O)cc1C(F)(F)F. The Morgan fingerprint density at radius 1 is 1.37 bits per heavy atom. The molecule has 0 aliphatic rings. The van der Waals surface area contributed by atoms with Crippen molar-refractivity contribution < 1.29 is 27.9 Å². The van der Waals surface area contributed by atoms with Crippen molar-refractivity contribution in [1.82, 2.24) is 0 Å². The highest BCUT2D eigenvalue weighted by Crippen LogP contribution is 2.36. The van der Waals surface area contributed by atoms with Crippen LogP contribution in [0.4, 0.5) is 18.9 Å². The number of rotatable bonds is 4. The van der Waals surface area contributed by atoms with Crippen molar-refractivity contribution in [1.29, 1.82) is 0 Å². The Bertz CT molecular complexity index is 514. The molecule has 0 saturated heterocycles. The summed E-state index contributed by atoms with van der Waals surface area (Å²) in [5, 5.41) is 8.69. The van der Waals surface area contributed by atoms with Gasteiger partial charge in [-0.05, 0) is 18.2 Å². The normalized spacial score (nSPS) is 11.2. The van der Waals surface area contributed by atoms with Crippen LogP contribution in [-0.2, 0) is 11.0 Å². The molecule has 0 aliphatic carbocycles. The van der Waals surface area contributed by atoms with Crippen LogP contribution in [0.2, 0.25) is 0 Å². The molecule has 0 aromatic heterocycles. The van der Waals surface area contributed by atoms with Gasteiger partial charge in [0.2, 0.25) is 5.91 Å². The van der Waals surface area contributed by atoms with Crippen LogP contribution < -0.4 is 10.6 Å². The summed E-state index contributed by atoms with van der Waals surface area (Å²) in [5.74, 6) is -2.26. The number of hydrogen-bond donors (Lipinski definition) is 2. The molecular weight excluding hydrogens is 265 g/mol. The number of nitrogens with zero attached hydrogens (tertiary/aromatic N) is 1. The second kappa shape index (κ2) is 5.17. The fraction of sp³-hybridized carbons (Fsp3) is 0.273. The van der Waals surface area contributed by atoms with Gasteiger partial charge in [0.05, 0.1) is 17.7 Å². The van der Waals surface area contributed by atoms with Crippen molar-refractivity contribution in [2.75, 3.05) is 18.5 Å². The summed E-state index contributed by atoms with van der Waals surface area (Å²) in [6.07, 6.45) is -4.73. The van der Waals surface area contributed by atoms with Gasteiger partial charge in [0.25, 0.3) is 0 Å². The van der Waals surface area contributed by atoms with Gasteiger partial charge in [-0.2, -0.15) is 13.2 Å². The van der Waals surface area contributed by atoms with Gasteiger partial charge in [-0.15, -0.1) is 0 Å². The maximum absolute atomic E-state index is 12.9. The molecule has 8 heteroatoms. The van der Waals surface area contributed by atoms with Gasteiger partial charge in [0.15, 0.2) is 0 Å². The third-order valence-electron chi connectivity index (χ3n) is 2.35. The van der Waals surface area contributed by atoms with Gasteiger partial charge in [-0.3, -0.25) is 4.79 Å². The number of aromatic carboxylic acids is 1. The highest BCUT2D eigenvalue weighted by molar-refractivity contribution is 5.89. The number of carbonyl (C=O) groups excluding carboxylic acids is 1. The first kappa shape index (κ1) is 14.8. The Hall–Kier alpha value is -2.25. The molecule has 0 radical (unpaired) electrons. The van der Waals surface area contributed by atoms with E-state index in [2.05, 4.69) is 0 Å². The molecule has 0 bridgehead atoms. The predicted molar refractivity (Wildman–Crippen MR) is 60.9 cm³/mol. The lowest BCUT2D eigenvalue weighted by molar-refractivity contribution is -0.137. The molecule has 3 N–H and O–H groups in total. The van der Waals surface area contributed by atoms with Crippen LogP contribution in [0.1, 0.15) is 15.9 Å². The van der Waals surface area contributed by atoms with Crippen molar-refractivity contribution in [2.24, 2.45) is 5.73 Å². The number of hydrogen-bond acceptors (Lipinski definition) is 3. The molecule has 0 unspecified atom stereocenters. The molecule has 0 fully saturated rings. The first-order chi connectivity index (χ1) is 8.62. The zero-order chi connectivity index (χ0) is 14.8. The Morgan fingerprint density at radius 3 is 2.37 bits per heavy atom. The van der Waals surface area contributed by atoms with Gasteiger partial charge in [0, 0.05) is 12.7 Å². The van der Waals surface area contributed by atoms with E-state index in [0.29, 0.717) is 6.07 Å². The summed E-state index contributed by atoms with van der Waals surface area (Å²) in [4.78, 5) is 22.4. The molecule has 0 saturated carbocycles. The first-order valence-electron chi connectivity index (χ1n) is 5.07. The smallest absolute Gasteiger partial charge is 0.418 e. The second-order valence-electron chi connectivity index (χ2n) is 3.86. The van der Waals surface area contributed by atoms with Crippen molar-refractivity contribution >= 4 is 17.6 Å². The minimum Gasteiger partial charge on any atom is -0.478 e. The Labute approximate surface area is 106 Å². The Morgan fingerprint density at radius 2 is 1.95 bits per heavy atom. The number of nitrogens with two attached hydrogens (primary N) is 1. The van der Waals surface area contributed by atoms with E-state index in [4.69, 9.17) is 10.8 Å². The van der Waals surface area contributed by atoms with E-state index < -0.39 is 35.7 Å². The molecule has 104 valence electrons. The number of carbonyl (C=O) groups is 2. The van der Waals surface area contributed by atoms with Crippen LogP contribution in [0.15, 0.2) is 18.2 Å². The maximum Gasteiger partial charge on any atom is 0.418 e. The molecule has 1 rings (SSSR count). The fourth-order valence-corrected chi connectivity index (χ4v) is 1.55. The van der Waals surface area contributed by atoms with Crippen LogP contribution in [0, 0.1) is 0 Å². The minimum atomic E-state index is -4.73. The lowest BCUT2D eigenvalue weighted by Crippen LogP contribution is -2.32. The highest BCUT2D eigenvalue weighted by Gasteiger charge is 2.35. The lowest BCUT2D eigenvalue weighted by atomic mass is 10.1. The summed E-state index contributed by atoms with van der Waals surface area (Å²) in [5.41, 5.74) is 2.99. The van der Waals surface area contributed by atoms with Crippen LogP contribution in [0.3, 0.4) is 0 Å². The van der Waals surface area contributed by atoms with Gasteiger partial charge in [0.1, 0.15) is 0 Å². The standard InChI is InChI=1S/C11H11F3N2O3/c1-16(5-9(15)17)8-3-2-6(10(18)19)4-7(8)11(12,13)14/h2-4H,5H2,1H3,(H2,15,17)(H,18,19). The number of carboxylic acid groups (broad SMARTS) is 1. The third-order valence-corrected chi connectivity index (χ3v) is 2.35. The molecule has 1 amide bonds. The van der Waals surface area contributed by atoms with Gasteiger partial charge >= 0.3 is 12.1 Å². The number of halogens is 3. The third kappa shape index (κ3) is 3.60. The molecule has 0 aliphatic heterocycles. The molecule has 19 heavy (non-hydrogen) atoms. The molecule has 5 nitrogen and oxygen atoms in total. The average molecular weight is 276 g/mol. The Balaban J connectivity index is 3.31. The summed E-state index contributed by atoms with van der Waals surface area (Å²) in [7, 11) is 1.26. The number of benzene rings is 1. The molecule has 0 heterocycles. The summed E-state index contributed by atoms with van der Waals surface area (Å²) in [6, 6.07) is 2.55. The van der Waals surface area contributed by atoms with Crippen molar-refractivity contribution in [3.63, 3.8) is 0 Å². The second-order valence-corrected chi connectivity index (χ2v) is 3.86. The van der Waals surface area contributed by atoms with E-state index in [1.165, 1.54) is 7.05 Å². The summed E-state index contributed by atoms with van der Waals surface area (Å²) >= 11 is 0. The molecule has 1 aromatic carbocycles. The number of likely N-dealkylation sites (N-methyl/N-ethyl adjacent to an activating group) is 1. The number of primary amides is 1. The Kier molecular flexibility index (Phi) is 4.03. The monoisotopic (exact) mass is 276 g/mol. The van der Waals surface area contributed by atoms with E-state index in [-0.39, 0.29) is 5.69 Å². The largest absolute Gasteiger partial charge is 0.478 e. The quantitative estimate of drug-likeness (QED) is 0.868. The minimum absolute atomic E-state index is 0.309. The lowest BCUT2D eigenvalue weighted by Gasteiger charge is -2.22. The van der Waals surface area contributed by atoms with Crippen molar-refractivity contribution in [3.05, 3.63) is 29.3 Å². The topological polar surface area (TPSA) is 83.6 Å². The summed E-state index contributed by atoms with van der Waals surface area (Å²) < 4.78 is 38.6. The molecule has 1 aromatic rings. The molecular formula is C11H11F3N2O3. The number of amides is 1. The molecule has 0 atom stereocenters. The number of carboxylic acids is 1. The van der Waals surface area contributed by atoms with E-state index in [0.717, 1.165) is 17.0 Å². The average Bonchev–Trinajstić information content (AvgIpc) is 2.25. The highest BCUT2D eigenvalue weighted by atomic mass is 19.4. The van der Waals surface area contributed by atoms with Crippen LogP contribution >= 0.6 is 0 Å². The van der Waals surface area contributed by atoms with Crippen molar-refractivity contribution in [2.45, 2.75) is 6.18 Å². The van der Waals surface area contributed by atoms with E-state index in [1.54, 1.807) is 0 Å². The number of anilines is 1. The predicted octanol–water partition coefficient (Wildman–Crippen LogP) is 1.33. The molecule has 0 spiro atoms. The van der Waals surface area contributed by atoms with Crippen LogP contribution in [-0.4, -0.2) is 30.6 Å². The maximum atomic E-state index is 12.9. The van der Waals surface area contributed by atoms with Crippen LogP contribution in [0.25, 0.3) is 0 Å². The van der Waals surface area contributed by atoms with Crippen LogP contribution in [0.5, 0.6) is 0 Å². The van der Waals surface area contributed by atoms with Gasteiger partial charge < -0.3 is 15.7 Å². The first-order valence-corrected chi connectivity index (χ1v) is 5.07. The van der Waals surface area contributed by atoms with E-state index >= 15 is 0 Å². The number of alkyl halides is 3. The van der Waals surface area contributed by atoms with E-state index in [1.807, 2.05) is 0 Å². The van der Waals surface area contributed by atoms with Crippen molar-refractivity contribution in [3.8, 4) is 0 Å². The van der Waals surface area contributed by atoms with E-state index in [9.17, 15) is 22.8 Å². The fourth-order valence-electron chi connectivity index (χ4n) is 1.55. The van der Waals surface area contributed by atoms with Gasteiger partial charge in [-0.1, -0.05) is 0 Å². The van der Waals surface area contributed by atoms with Gasteiger partial charge in [-0.25, -0.2) is 4.79 Å². The summed E-state index contributed by atoms with van der Waals surface area (Å²) in [6.45, 7) is -0.407. The zero-order valence-electron chi connectivity index (χ0n) is 9.86. The zero-order valence-corrected chi connectivity index (χ0v) is 9.86.